The molecule has 9 heteroatoms. The van der Waals surface area contributed by atoms with E-state index < -0.39 is 11.9 Å². The van der Waals surface area contributed by atoms with Crippen LogP contribution in [0.3, 0.4) is 0 Å². The molecule has 1 aliphatic rings. The van der Waals surface area contributed by atoms with Crippen LogP contribution in [0.15, 0.2) is 70.5 Å². The van der Waals surface area contributed by atoms with E-state index in [4.69, 9.17) is 43.1 Å². The van der Waals surface area contributed by atoms with Gasteiger partial charge in [0.1, 0.15) is 23.1 Å². The van der Waals surface area contributed by atoms with Crippen LogP contribution in [-0.4, -0.2) is 13.1 Å². The minimum absolute atomic E-state index is 0.00725. The summed E-state index contributed by atoms with van der Waals surface area (Å²) in [5, 5.41) is 10.1. The molecular weight excluding hydrogens is 531 g/mol. The van der Waals surface area contributed by atoms with Crippen LogP contribution in [0.1, 0.15) is 27.4 Å². The molecular formula is C24H15BrCl2N2O4. The molecule has 0 aromatic heterocycles. The lowest BCUT2D eigenvalue weighted by molar-refractivity contribution is 0.0734. The molecule has 1 heterocycles. The summed E-state index contributed by atoms with van der Waals surface area (Å²) in [6.07, 6.45) is 0. The molecule has 0 saturated carbocycles. The van der Waals surface area contributed by atoms with Gasteiger partial charge in [0.25, 0.3) is 0 Å². The van der Waals surface area contributed by atoms with Gasteiger partial charge < -0.3 is 19.9 Å². The molecule has 3 aromatic rings. The fourth-order valence-electron chi connectivity index (χ4n) is 3.57. The second-order valence-electron chi connectivity index (χ2n) is 7.04. The number of esters is 1. The second kappa shape index (κ2) is 9.36. The normalized spacial score (nSPS) is 14.7. The van der Waals surface area contributed by atoms with Gasteiger partial charge in [-0.15, -0.1) is 0 Å². The topological polar surface area (TPSA) is 94.6 Å². The van der Waals surface area contributed by atoms with E-state index in [0.29, 0.717) is 16.9 Å². The van der Waals surface area contributed by atoms with Crippen LogP contribution >= 0.6 is 39.1 Å². The van der Waals surface area contributed by atoms with Crippen molar-refractivity contribution in [1.29, 1.82) is 5.26 Å². The van der Waals surface area contributed by atoms with E-state index in [9.17, 15) is 10.1 Å². The largest absolute Gasteiger partial charge is 0.494 e. The Balaban J connectivity index is 1.68. The molecule has 4 rings (SSSR count). The van der Waals surface area contributed by atoms with Crippen LogP contribution in [0, 0.1) is 11.3 Å². The Kier molecular flexibility index (Phi) is 6.52. The molecule has 0 fully saturated rings. The van der Waals surface area contributed by atoms with Crippen molar-refractivity contribution in [2.45, 2.75) is 5.92 Å². The first-order valence-electron chi connectivity index (χ1n) is 9.54. The van der Waals surface area contributed by atoms with E-state index in [-0.39, 0.29) is 33.0 Å². The smallest absolute Gasteiger partial charge is 0.343 e. The number of carbonyl (C=O) groups is 1. The number of nitrogens with two attached hydrogens (primary N) is 1. The maximum atomic E-state index is 12.7. The number of fused-ring (bicyclic) bond motifs is 1. The number of ether oxygens (including phenoxy) is 3. The third-order valence-electron chi connectivity index (χ3n) is 5.02. The zero-order valence-corrected chi connectivity index (χ0v) is 20.2. The van der Waals surface area contributed by atoms with Crippen LogP contribution in [0.4, 0.5) is 0 Å². The first-order chi connectivity index (χ1) is 15.8. The molecule has 0 saturated heterocycles. The summed E-state index contributed by atoms with van der Waals surface area (Å²) >= 11 is 15.7. The van der Waals surface area contributed by atoms with E-state index in [1.807, 2.05) is 24.3 Å². The zero-order valence-electron chi connectivity index (χ0n) is 17.1. The van der Waals surface area contributed by atoms with Crippen molar-refractivity contribution in [2.24, 2.45) is 5.73 Å². The van der Waals surface area contributed by atoms with E-state index in [0.717, 1.165) is 10.0 Å². The minimum Gasteiger partial charge on any atom is -0.494 e. The minimum atomic E-state index is -0.665. The standard InChI is InChI=1S/C24H15BrCl2N2O4/c1-31-22-18(26)8-13(9-19(22)27)24(30)32-15-5-6-16-20(10-15)33-23(29)17(11-28)21(16)12-3-2-4-14(25)7-12/h2-10,21H,29H2,1H3. The predicted octanol–water partition coefficient (Wildman–Crippen LogP) is 6.20. The Morgan fingerprint density at radius 1 is 1.15 bits per heavy atom. The number of nitrogens with zero attached hydrogens (tertiary/aromatic N) is 1. The van der Waals surface area contributed by atoms with Gasteiger partial charge in [0.2, 0.25) is 5.88 Å². The second-order valence-corrected chi connectivity index (χ2v) is 8.77. The van der Waals surface area contributed by atoms with Gasteiger partial charge in [0.15, 0.2) is 5.75 Å². The summed E-state index contributed by atoms with van der Waals surface area (Å²) in [5.41, 5.74) is 8.08. The van der Waals surface area contributed by atoms with Gasteiger partial charge >= 0.3 is 5.97 Å². The van der Waals surface area contributed by atoms with Gasteiger partial charge in [0, 0.05) is 16.1 Å². The number of hydrogen-bond acceptors (Lipinski definition) is 6. The highest BCUT2D eigenvalue weighted by atomic mass is 79.9. The average molecular weight is 546 g/mol. The number of halogens is 3. The third kappa shape index (κ3) is 4.51. The fraction of sp³-hybridized carbons (Fsp3) is 0.0833. The molecule has 0 spiro atoms. The predicted molar refractivity (Wildman–Crippen MR) is 128 cm³/mol. The Labute approximate surface area is 208 Å². The molecule has 0 amide bonds. The van der Waals surface area contributed by atoms with Gasteiger partial charge in [-0.3, -0.25) is 0 Å². The van der Waals surface area contributed by atoms with Crippen LogP contribution in [0.2, 0.25) is 10.0 Å². The summed E-state index contributed by atoms with van der Waals surface area (Å²) in [5.74, 6) is -0.226. The van der Waals surface area contributed by atoms with Gasteiger partial charge in [-0.1, -0.05) is 57.3 Å². The number of rotatable bonds is 4. The van der Waals surface area contributed by atoms with Gasteiger partial charge in [-0.25, -0.2) is 4.79 Å². The first-order valence-corrected chi connectivity index (χ1v) is 11.1. The van der Waals surface area contributed by atoms with Crippen molar-refractivity contribution in [3.8, 4) is 23.3 Å². The molecule has 2 N–H and O–H groups in total. The van der Waals surface area contributed by atoms with Crippen molar-refractivity contribution in [1.82, 2.24) is 0 Å². The van der Waals surface area contributed by atoms with Crippen molar-refractivity contribution in [3.05, 3.63) is 97.3 Å². The monoisotopic (exact) mass is 544 g/mol. The number of benzene rings is 3. The van der Waals surface area contributed by atoms with Crippen molar-refractivity contribution in [3.63, 3.8) is 0 Å². The highest BCUT2D eigenvalue weighted by Gasteiger charge is 2.31. The Morgan fingerprint density at radius 3 is 2.52 bits per heavy atom. The highest BCUT2D eigenvalue weighted by molar-refractivity contribution is 9.10. The zero-order chi connectivity index (χ0) is 23.7. The third-order valence-corrected chi connectivity index (χ3v) is 6.08. The lowest BCUT2D eigenvalue weighted by atomic mass is 9.83. The molecule has 0 bridgehead atoms. The average Bonchev–Trinajstić information content (AvgIpc) is 2.77. The summed E-state index contributed by atoms with van der Waals surface area (Å²) < 4.78 is 17.1. The number of nitriles is 1. The van der Waals surface area contributed by atoms with E-state index >= 15 is 0 Å². The molecule has 0 radical (unpaired) electrons. The molecule has 3 aromatic carbocycles. The summed E-state index contributed by atoms with van der Waals surface area (Å²) in [4.78, 5) is 12.7. The van der Waals surface area contributed by atoms with Gasteiger partial charge in [-0.05, 0) is 35.9 Å². The molecule has 6 nitrogen and oxygen atoms in total. The van der Waals surface area contributed by atoms with Crippen LogP contribution in [0.25, 0.3) is 0 Å². The van der Waals surface area contributed by atoms with Crippen LogP contribution < -0.4 is 19.9 Å². The number of carbonyl (C=O) groups excluding carboxylic acids is 1. The number of allylic oxidation sites excluding steroid dienone is 1. The summed E-state index contributed by atoms with van der Waals surface area (Å²) in [7, 11) is 1.43. The Bertz CT molecular complexity index is 1330. The maximum Gasteiger partial charge on any atom is 0.343 e. The van der Waals surface area contributed by atoms with Crippen molar-refractivity contribution >= 4 is 45.1 Å². The molecule has 1 unspecified atom stereocenters. The quantitative estimate of drug-likeness (QED) is 0.310. The van der Waals surface area contributed by atoms with Crippen molar-refractivity contribution < 1.29 is 19.0 Å². The number of methoxy groups -OCH3 is 1. The molecule has 166 valence electrons. The van der Waals surface area contributed by atoms with Gasteiger partial charge in [0.05, 0.1) is 28.6 Å². The van der Waals surface area contributed by atoms with Crippen molar-refractivity contribution in [2.75, 3.05) is 7.11 Å². The molecule has 33 heavy (non-hydrogen) atoms. The molecule has 0 aliphatic carbocycles. The highest BCUT2D eigenvalue weighted by Crippen LogP contribution is 2.44. The SMILES string of the molecule is COc1c(Cl)cc(C(=O)Oc2ccc3c(c2)OC(N)=C(C#N)C3c2cccc(Br)c2)cc1Cl. The Morgan fingerprint density at radius 2 is 1.88 bits per heavy atom. The van der Waals surface area contributed by atoms with Crippen LogP contribution in [0.5, 0.6) is 17.2 Å². The van der Waals surface area contributed by atoms with E-state index in [2.05, 4.69) is 22.0 Å². The van der Waals surface area contributed by atoms with E-state index in [1.54, 1.807) is 18.2 Å². The summed E-state index contributed by atoms with van der Waals surface area (Å²) in [6, 6.07) is 17.5. The lowest BCUT2D eigenvalue weighted by Gasteiger charge is -2.26. The number of hydrogen-bond donors (Lipinski definition) is 1. The maximum absolute atomic E-state index is 12.7. The fourth-order valence-corrected chi connectivity index (χ4v) is 4.63. The van der Waals surface area contributed by atoms with Gasteiger partial charge in [-0.2, -0.15) is 5.26 Å². The van der Waals surface area contributed by atoms with Crippen LogP contribution in [-0.2, 0) is 0 Å². The summed E-state index contributed by atoms with van der Waals surface area (Å²) in [6.45, 7) is 0. The van der Waals surface area contributed by atoms with E-state index in [1.165, 1.54) is 19.2 Å². The molecule has 1 aliphatic heterocycles. The first kappa shape index (κ1) is 23.0. The Hall–Kier alpha value is -3.18. The molecule has 1 atom stereocenters. The lowest BCUT2D eigenvalue weighted by Crippen LogP contribution is -2.21.